The van der Waals surface area contributed by atoms with Gasteiger partial charge in [0.05, 0.1) is 24.0 Å². The van der Waals surface area contributed by atoms with Gasteiger partial charge in [-0.1, -0.05) is 0 Å². The first-order chi connectivity index (χ1) is 12.1. The van der Waals surface area contributed by atoms with E-state index in [2.05, 4.69) is 25.9 Å². The molecule has 2 aromatic carbocycles. The number of benzene rings is 2. The summed E-state index contributed by atoms with van der Waals surface area (Å²) in [6.45, 7) is 1.82. The van der Waals surface area contributed by atoms with Crippen molar-refractivity contribution in [3.63, 3.8) is 0 Å². The lowest BCUT2D eigenvalue weighted by Crippen LogP contribution is -2.36. The van der Waals surface area contributed by atoms with Crippen LogP contribution in [0.2, 0.25) is 0 Å². The van der Waals surface area contributed by atoms with E-state index in [0.717, 1.165) is 33.7 Å². The molecule has 1 aromatic heterocycles. The van der Waals surface area contributed by atoms with Gasteiger partial charge in [0.25, 0.3) is 0 Å². The summed E-state index contributed by atoms with van der Waals surface area (Å²) in [5.74, 6) is 1.40. The number of methoxy groups -OCH3 is 1. The van der Waals surface area contributed by atoms with Crippen LogP contribution in [0.3, 0.4) is 0 Å². The molecule has 1 amide bonds. The van der Waals surface area contributed by atoms with Crippen LogP contribution in [0.15, 0.2) is 42.7 Å². The average molecular weight is 335 g/mol. The molecule has 4 rings (SSSR count). The van der Waals surface area contributed by atoms with Gasteiger partial charge in [-0.05, 0) is 43.3 Å². The highest BCUT2D eigenvalue weighted by atomic mass is 16.5. The Labute approximate surface area is 144 Å². The lowest BCUT2D eigenvalue weighted by molar-refractivity contribution is -0.116. The summed E-state index contributed by atoms with van der Waals surface area (Å²) in [6.07, 6.45) is 1.52. The highest BCUT2D eigenvalue weighted by Crippen LogP contribution is 2.34. The van der Waals surface area contributed by atoms with E-state index in [0.29, 0.717) is 5.82 Å². The smallest absolute Gasteiger partial charge is 0.246 e. The Morgan fingerprint density at radius 1 is 1.12 bits per heavy atom. The van der Waals surface area contributed by atoms with E-state index < -0.39 is 0 Å². The third kappa shape index (κ3) is 2.80. The molecule has 0 fully saturated rings. The number of amides is 1. The second-order valence-electron chi connectivity index (χ2n) is 5.85. The molecule has 126 valence electrons. The third-order valence-electron chi connectivity index (χ3n) is 4.15. The second kappa shape index (κ2) is 5.94. The van der Waals surface area contributed by atoms with Gasteiger partial charge < -0.3 is 20.7 Å². The number of nitrogens with one attached hydrogen (secondary N) is 3. The Morgan fingerprint density at radius 2 is 1.92 bits per heavy atom. The number of anilines is 4. The molecule has 2 heterocycles. The molecular weight excluding hydrogens is 318 g/mol. The van der Waals surface area contributed by atoms with Crippen molar-refractivity contribution < 1.29 is 9.53 Å². The molecule has 3 N–H and O–H groups in total. The topological polar surface area (TPSA) is 88.2 Å². The summed E-state index contributed by atoms with van der Waals surface area (Å²) in [4.78, 5) is 20.6. The number of rotatable bonds is 3. The van der Waals surface area contributed by atoms with E-state index in [-0.39, 0.29) is 11.9 Å². The van der Waals surface area contributed by atoms with Gasteiger partial charge in [-0.15, -0.1) is 0 Å². The van der Waals surface area contributed by atoms with Crippen molar-refractivity contribution in [3.05, 3.63) is 42.7 Å². The lowest BCUT2D eigenvalue weighted by Gasteiger charge is -2.24. The monoisotopic (exact) mass is 335 g/mol. The SMILES string of the molecule is COc1ccc(Nc2ncnc3cc4c(cc23)NC(=O)[C@H](C)N4)cc1. The number of aromatic nitrogens is 2. The van der Waals surface area contributed by atoms with Crippen LogP contribution < -0.4 is 20.7 Å². The van der Waals surface area contributed by atoms with E-state index in [4.69, 9.17) is 4.74 Å². The Bertz CT molecular complexity index is 956. The zero-order chi connectivity index (χ0) is 17.4. The van der Waals surface area contributed by atoms with Gasteiger partial charge in [0.15, 0.2) is 0 Å². The molecule has 7 heteroatoms. The van der Waals surface area contributed by atoms with Crippen LogP contribution >= 0.6 is 0 Å². The van der Waals surface area contributed by atoms with Crippen molar-refractivity contribution in [2.45, 2.75) is 13.0 Å². The first kappa shape index (κ1) is 15.2. The van der Waals surface area contributed by atoms with Crippen LogP contribution in [-0.2, 0) is 4.79 Å². The fourth-order valence-electron chi connectivity index (χ4n) is 2.78. The van der Waals surface area contributed by atoms with Crippen molar-refractivity contribution in [1.29, 1.82) is 0 Å². The van der Waals surface area contributed by atoms with Crippen molar-refractivity contribution >= 4 is 39.7 Å². The summed E-state index contributed by atoms with van der Waals surface area (Å²) in [5.41, 5.74) is 3.26. The molecule has 0 radical (unpaired) electrons. The number of carbonyl (C=O) groups excluding carboxylic acids is 1. The van der Waals surface area contributed by atoms with Gasteiger partial charge >= 0.3 is 0 Å². The molecule has 0 unspecified atom stereocenters. The molecular formula is C18H17N5O2. The Morgan fingerprint density at radius 3 is 2.68 bits per heavy atom. The average Bonchev–Trinajstić information content (AvgIpc) is 2.62. The highest BCUT2D eigenvalue weighted by molar-refractivity contribution is 6.07. The summed E-state index contributed by atoms with van der Waals surface area (Å²) in [5, 5.41) is 10.2. The quantitative estimate of drug-likeness (QED) is 0.681. The van der Waals surface area contributed by atoms with Crippen molar-refractivity contribution in [2.75, 3.05) is 23.1 Å². The predicted molar refractivity (Wildman–Crippen MR) is 97.5 cm³/mol. The van der Waals surface area contributed by atoms with Gasteiger partial charge in [-0.25, -0.2) is 9.97 Å². The van der Waals surface area contributed by atoms with Crippen LogP contribution in [0.4, 0.5) is 22.9 Å². The zero-order valence-electron chi connectivity index (χ0n) is 13.8. The van der Waals surface area contributed by atoms with Crippen LogP contribution in [0.1, 0.15) is 6.92 Å². The molecule has 0 spiro atoms. The number of ether oxygens (including phenoxy) is 1. The minimum Gasteiger partial charge on any atom is -0.497 e. The molecule has 1 atom stereocenters. The number of fused-ring (bicyclic) bond motifs is 2. The van der Waals surface area contributed by atoms with E-state index in [1.165, 1.54) is 6.33 Å². The summed E-state index contributed by atoms with van der Waals surface area (Å²) in [7, 11) is 1.63. The van der Waals surface area contributed by atoms with Crippen LogP contribution in [0.5, 0.6) is 5.75 Å². The largest absolute Gasteiger partial charge is 0.497 e. The van der Waals surface area contributed by atoms with E-state index >= 15 is 0 Å². The van der Waals surface area contributed by atoms with E-state index in [1.54, 1.807) is 7.11 Å². The van der Waals surface area contributed by atoms with Gasteiger partial charge in [-0.3, -0.25) is 4.79 Å². The number of hydrogen-bond donors (Lipinski definition) is 3. The summed E-state index contributed by atoms with van der Waals surface area (Å²) < 4.78 is 5.17. The Kier molecular flexibility index (Phi) is 3.61. The fourth-order valence-corrected chi connectivity index (χ4v) is 2.78. The molecule has 0 bridgehead atoms. The highest BCUT2D eigenvalue weighted by Gasteiger charge is 2.22. The van der Waals surface area contributed by atoms with Crippen LogP contribution in [0, 0.1) is 0 Å². The molecule has 25 heavy (non-hydrogen) atoms. The van der Waals surface area contributed by atoms with E-state index in [1.807, 2.05) is 43.3 Å². The molecule has 3 aromatic rings. The van der Waals surface area contributed by atoms with Crippen LogP contribution in [-0.4, -0.2) is 29.0 Å². The minimum absolute atomic E-state index is 0.0617. The van der Waals surface area contributed by atoms with Gasteiger partial charge in [0, 0.05) is 11.1 Å². The lowest BCUT2D eigenvalue weighted by atomic mass is 10.1. The first-order valence-electron chi connectivity index (χ1n) is 7.91. The maximum absolute atomic E-state index is 11.9. The van der Waals surface area contributed by atoms with Crippen molar-refractivity contribution in [1.82, 2.24) is 9.97 Å². The molecule has 0 saturated carbocycles. The van der Waals surface area contributed by atoms with Crippen molar-refractivity contribution in [3.8, 4) is 5.75 Å². The molecule has 1 aliphatic heterocycles. The van der Waals surface area contributed by atoms with Gasteiger partial charge in [-0.2, -0.15) is 0 Å². The zero-order valence-corrected chi connectivity index (χ0v) is 13.8. The van der Waals surface area contributed by atoms with Gasteiger partial charge in [0.1, 0.15) is 23.9 Å². The predicted octanol–water partition coefficient (Wildman–Crippen LogP) is 3.13. The molecule has 1 aliphatic rings. The maximum Gasteiger partial charge on any atom is 0.246 e. The second-order valence-corrected chi connectivity index (χ2v) is 5.85. The number of hydrogen-bond acceptors (Lipinski definition) is 6. The Balaban J connectivity index is 1.74. The van der Waals surface area contributed by atoms with Crippen molar-refractivity contribution in [2.24, 2.45) is 0 Å². The standard InChI is InChI=1S/C18H17N5O2/c1-10-18(24)23-15-7-13-14(8-16(15)21-10)19-9-20-17(13)22-11-3-5-12(25-2)6-4-11/h3-10,21H,1-2H3,(H,23,24)(H,19,20,22)/t10-/m0/s1. The summed E-state index contributed by atoms with van der Waals surface area (Å²) in [6, 6.07) is 11.1. The first-order valence-corrected chi connectivity index (χ1v) is 7.91. The minimum atomic E-state index is -0.274. The Hall–Kier alpha value is -3.35. The molecule has 0 aliphatic carbocycles. The number of carbonyl (C=O) groups is 1. The normalized spacial score (nSPS) is 15.9. The third-order valence-corrected chi connectivity index (χ3v) is 4.15. The fraction of sp³-hybridized carbons (Fsp3) is 0.167. The number of nitrogens with zero attached hydrogens (tertiary/aromatic N) is 2. The molecule has 7 nitrogen and oxygen atoms in total. The summed E-state index contributed by atoms with van der Waals surface area (Å²) >= 11 is 0. The van der Waals surface area contributed by atoms with Crippen LogP contribution in [0.25, 0.3) is 10.9 Å². The van der Waals surface area contributed by atoms with Gasteiger partial charge in [0.2, 0.25) is 5.91 Å². The van der Waals surface area contributed by atoms with E-state index in [9.17, 15) is 4.79 Å². The maximum atomic E-state index is 11.9. The molecule has 0 saturated heterocycles.